The van der Waals surface area contributed by atoms with Gasteiger partial charge in [0.1, 0.15) is 6.10 Å². The van der Waals surface area contributed by atoms with Gasteiger partial charge in [0.15, 0.2) is 0 Å². The Bertz CT molecular complexity index is 746. The van der Waals surface area contributed by atoms with Gasteiger partial charge in [0.05, 0.1) is 25.2 Å². The second-order valence-electron chi connectivity index (χ2n) is 16.2. The van der Waals surface area contributed by atoms with Gasteiger partial charge in [-0.15, -0.1) is 0 Å². The van der Waals surface area contributed by atoms with Crippen molar-refractivity contribution in [3.63, 3.8) is 0 Å². The van der Waals surface area contributed by atoms with Crippen molar-refractivity contribution < 1.29 is 24.5 Å². The smallest absolute Gasteiger partial charge is 0.306 e. The van der Waals surface area contributed by atoms with Crippen LogP contribution < -0.4 is 5.32 Å². The van der Waals surface area contributed by atoms with Gasteiger partial charge in [0.25, 0.3) is 0 Å². The topological polar surface area (TPSA) is 95.9 Å². The van der Waals surface area contributed by atoms with Crippen molar-refractivity contribution in [1.29, 1.82) is 0 Å². The van der Waals surface area contributed by atoms with Crippen molar-refractivity contribution >= 4 is 11.9 Å². The molecule has 0 aromatic heterocycles. The van der Waals surface area contributed by atoms with Crippen LogP contribution in [0.3, 0.4) is 0 Å². The highest BCUT2D eigenvalue weighted by molar-refractivity contribution is 5.77. The average Bonchev–Trinajstić information content (AvgIpc) is 3.13. The van der Waals surface area contributed by atoms with Gasteiger partial charge in [0.2, 0.25) is 5.91 Å². The molecule has 0 rings (SSSR count). The normalized spacial score (nSPS) is 13.2. The maximum Gasteiger partial charge on any atom is 0.306 e. The van der Waals surface area contributed by atoms with Gasteiger partial charge in [-0.3, -0.25) is 9.59 Å². The first-order valence-corrected chi connectivity index (χ1v) is 23.3. The van der Waals surface area contributed by atoms with E-state index in [2.05, 4.69) is 26.1 Å². The molecule has 0 aromatic rings. The van der Waals surface area contributed by atoms with E-state index >= 15 is 0 Å². The molecule has 0 saturated heterocycles. The number of unbranched alkanes of at least 4 members (excludes halogenated alkanes) is 30. The van der Waals surface area contributed by atoms with Crippen LogP contribution in [0.5, 0.6) is 0 Å². The zero-order valence-electron chi connectivity index (χ0n) is 35.2. The summed E-state index contributed by atoms with van der Waals surface area (Å²) in [7, 11) is 0. The Hall–Kier alpha value is -1.14. The lowest BCUT2D eigenvalue weighted by Crippen LogP contribution is -2.46. The summed E-state index contributed by atoms with van der Waals surface area (Å²) in [5.74, 6) is -0.458. The fraction of sp³-hybridized carbons (Fsp3) is 0.957. The number of ether oxygens (including phenoxy) is 1. The number of esters is 1. The van der Waals surface area contributed by atoms with Gasteiger partial charge in [-0.05, 0) is 25.7 Å². The number of hydrogen-bond acceptors (Lipinski definition) is 5. The number of nitrogens with one attached hydrogen (secondary N) is 1. The van der Waals surface area contributed by atoms with E-state index in [0.29, 0.717) is 19.3 Å². The van der Waals surface area contributed by atoms with Crippen LogP contribution in [0.1, 0.15) is 258 Å². The minimum absolute atomic E-state index is 0.0868. The largest absolute Gasteiger partial charge is 0.462 e. The molecule has 3 atom stereocenters. The molecule has 0 saturated carbocycles. The Kier molecular flexibility index (Phi) is 40.1. The van der Waals surface area contributed by atoms with Crippen LogP contribution >= 0.6 is 0 Å². The molecule has 0 heterocycles. The van der Waals surface area contributed by atoms with Gasteiger partial charge in [-0.2, -0.15) is 0 Å². The quantitative estimate of drug-likeness (QED) is 0.0428. The molecule has 3 unspecified atom stereocenters. The van der Waals surface area contributed by atoms with Crippen molar-refractivity contribution in [3.8, 4) is 0 Å². The highest BCUT2D eigenvalue weighted by atomic mass is 16.5. The summed E-state index contributed by atoms with van der Waals surface area (Å²) < 4.78 is 5.91. The Morgan fingerprint density at radius 2 is 0.808 bits per heavy atom. The Morgan fingerprint density at radius 1 is 0.481 bits per heavy atom. The van der Waals surface area contributed by atoms with E-state index in [1.54, 1.807) is 0 Å². The van der Waals surface area contributed by atoms with Gasteiger partial charge < -0.3 is 20.3 Å². The first-order valence-electron chi connectivity index (χ1n) is 23.3. The van der Waals surface area contributed by atoms with Crippen LogP contribution in [0.15, 0.2) is 0 Å². The lowest BCUT2D eigenvalue weighted by atomic mass is 10.0. The van der Waals surface area contributed by atoms with Gasteiger partial charge in [-0.1, -0.05) is 220 Å². The lowest BCUT2D eigenvalue weighted by Gasteiger charge is -2.24. The predicted octanol–water partition coefficient (Wildman–Crippen LogP) is 13.2. The van der Waals surface area contributed by atoms with Crippen molar-refractivity contribution in [1.82, 2.24) is 5.32 Å². The molecule has 0 spiro atoms. The number of amides is 1. The van der Waals surface area contributed by atoms with E-state index in [0.717, 1.165) is 44.9 Å². The van der Waals surface area contributed by atoms with Crippen LogP contribution in [0, 0.1) is 0 Å². The maximum atomic E-state index is 13.1. The molecular formula is C46H91NO5. The molecule has 0 radical (unpaired) electrons. The number of aliphatic hydroxyl groups excluding tert-OH is 2. The second-order valence-corrected chi connectivity index (χ2v) is 16.2. The third-order valence-electron chi connectivity index (χ3n) is 10.9. The number of hydrogen-bond donors (Lipinski definition) is 3. The lowest BCUT2D eigenvalue weighted by molar-refractivity contribution is -0.151. The maximum absolute atomic E-state index is 13.1. The molecule has 310 valence electrons. The fourth-order valence-electron chi connectivity index (χ4n) is 7.37. The summed E-state index contributed by atoms with van der Waals surface area (Å²) in [5, 5.41) is 23.6. The first-order chi connectivity index (χ1) is 25.5. The van der Waals surface area contributed by atoms with E-state index in [1.807, 2.05) is 0 Å². The van der Waals surface area contributed by atoms with Crippen LogP contribution in [0.2, 0.25) is 0 Å². The van der Waals surface area contributed by atoms with Gasteiger partial charge >= 0.3 is 5.97 Å². The van der Waals surface area contributed by atoms with Gasteiger partial charge in [-0.25, -0.2) is 0 Å². The highest BCUT2D eigenvalue weighted by Crippen LogP contribution is 2.18. The summed E-state index contributed by atoms with van der Waals surface area (Å²) in [6.45, 7) is 6.47. The summed E-state index contributed by atoms with van der Waals surface area (Å²) >= 11 is 0. The summed E-state index contributed by atoms with van der Waals surface area (Å²) in [4.78, 5) is 25.9. The minimum Gasteiger partial charge on any atom is -0.462 e. The molecule has 0 aliphatic heterocycles. The molecule has 0 fully saturated rings. The van der Waals surface area contributed by atoms with Crippen molar-refractivity contribution in [3.05, 3.63) is 0 Å². The van der Waals surface area contributed by atoms with E-state index < -0.39 is 18.2 Å². The molecule has 52 heavy (non-hydrogen) atoms. The molecule has 0 bridgehead atoms. The van der Waals surface area contributed by atoms with Crippen molar-refractivity contribution in [2.75, 3.05) is 6.61 Å². The minimum atomic E-state index is -0.776. The number of carbonyl (C=O) groups is 2. The van der Waals surface area contributed by atoms with Crippen molar-refractivity contribution in [2.45, 2.75) is 277 Å². The Labute approximate surface area is 324 Å². The number of rotatable bonds is 42. The highest BCUT2D eigenvalue weighted by Gasteiger charge is 2.24. The van der Waals surface area contributed by atoms with E-state index in [-0.39, 0.29) is 24.9 Å². The fourth-order valence-corrected chi connectivity index (χ4v) is 7.37. The van der Waals surface area contributed by atoms with Gasteiger partial charge in [0, 0.05) is 6.42 Å². The standard InChI is InChI=1S/C46H91NO5/c1-4-7-10-13-16-19-21-23-26-28-31-34-37-42(52-46(51)39-36-33-30-27-24-22-20-17-14-11-8-5-2)40-45(50)47-43(41-48)44(49)38-35-32-29-25-18-15-12-9-6-3/h42-44,48-49H,4-41H2,1-3H3,(H,47,50). The zero-order chi connectivity index (χ0) is 38.2. The van der Waals surface area contributed by atoms with Crippen LogP contribution in [0.4, 0.5) is 0 Å². The third kappa shape index (κ3) is 35.9. The predicted molar refractivity (Wildman–Crippen MR) is 223 cm³/mol. The van der Waals surface area contributed by atoms with E-state index in [9.17, 15) is 19.8 Å². The molecule has 0 aromatic carbocycles. The summed E-state index contributed by atoms with van der Waals surface area (Å²) in [5.41, 5.74) is 0. The van der Waals surface area contributed by atoms with Crippen LogP contribution in [-0.4, -0.2) is 46.9 Å². The molecule has 1 amide bonds. The molecule has 6 nitrogen and oxygen atoms in total. The summed E-state index contributed by atoms with van der Waals surface area (Å²) in [6.07, 6.45) is 41.6. The average molecular weight is 738 g/mol. The molecule has 6 heteroatoms. The molecule has 0 aliphatic carbocycles. The molecular weight excluding hydrogens is 647 g/mol. The SMILES string of the molecule is CCCCCCCCCCCCCCC(=O)OC(CCCCCCCCCCCCCC)CC(=O)NC(CO)C(O)CCCCCCCCCCC. The third-order valence-corrected chi connectivity index (χ3v) is 10.9. The van der Waals surface area contributed by atoms with Crippen molar-refractivity contribution in [2.24, 2.45) is 0 Å². The first kappa shape index (κ1) is 50.9. The molecule has 0 aliphatic rings. The van der Waals surface area contributed by atoms with E-state index in [1.165, 1.54) is 167 Å². The van der Waals surface area contributed by atoms with Crippen LogP contribution in [-0.2, 0) is 14.3 Å². The second kappa shape index (κ2) is 41.0. The van der Waals surface area contributed by atoms with Crippen LogP contribution in [0.25, 0.3) is 0 Å². The monoisotopic (exact) mass is 738 g/mol. The summed E-state index contributed by atoms with van der Waals surface area (Å²) in [6, 6.07) is -0.689. The van der Waals surface area contributed by atoms with E-state index in [4.69, 9.17) is 4.74 Å². The number of carbonyl (C=O) groups excluding carboxylic acids is 2. The Balaban J connectivity index is 4.55. The molecule has 3 N–H and O–H groups in total. The zero-order valence-corrected chi connectivity index (χ0v) is 35.2. The Morgan fingerprint density at radius 3 is 1.17 bits per heavy atom. The number of aliphatic hydroxyl groups is 2.